The molecule has 0 saturated heterocycles. The van der Waals surface area contributed by atoms with Crippen LogP contribution in [0.2, 0.25) is 0 Å². The minimum Gasteiger partial charge on any atom is -0.486 e. The molecule has 1 atom stereocenters. The molecule has 2 heterocycles. The van der Waals surface area contributed by atoms with Crippen molar-refractivity contribution >= 4 is 0 Å². The molecular formula is C19H24N2O2. The second-order valence-electron chi connectivity index (χ2n) is 7.13. The largest absolute Gasteiger partial charge is 0.486 e. The van der Waals surface area contributed by atoms with Gasteiger partial charge < -0.3 is 9.47 Å². The summed E-state index contributed by atoms with van der Waals surface area (Å²) < 4.78 is 11.6. The van der Waals surface area contributed by atoms with Gasteiger partial charge in [0.1, 0.15) is 13.2 Å². The van der Waals surface area contributed by atoms with Crippen molar-refractivity contribution in [3.63, 3.8) is 0 Å². The van der Waals surface area contributed by atoms with Crippen molar-refractivity contribution in [1.82, 2.24) is 4.90 Å². The number of fused-ring (bicyclic) bond motifs is 3. The first-order valence-electron chi connectivity index (χ1n) is 8.78. The standard InChI is InChI=1S/C19H24N2O2/c1-14-15-11-17-18(23-10-9-22-17)12-16(15)19(5-2-3-6-19)13-21(14)8-4-7-20/h11-12,14H,2-6,8-10,13H2,1H3. The van der Waals surface area contributed by atoms with Gasteiger partial charge in [-0.1, -0.05) is 12.8 Å². The average Bonchev–Trinajstić information content (AvgIpc) is 3.05. The van der Waals surface area contributed by atoms with Gasteiger partial charge in [0.15, 0.2) is 11.5 Å². The van der Waals surface area contributed by atoms with Gasteiger partial charge in [-0.15, -0.1) is 0 Å². The van der Waals surface area contributed by atoms with Gasteiger partial charge in [-0.2, -0.15) is 5.26 Å². The van der Waals surface area contributed by atoms with Gasteiger partial charge in [0.05, 0.1) is 6.07 Å². The first kappa shape index (κ1) is 14.8. The highest BCUT2D eigenvalue weighted by atomic mass is 16.6. The van der Waals surface area contributed by atoms with Crippen molar-refractivity contribution < 1.29 is 9.47 Å². The van der Waals surface area contributed by atoms with E-state index in [1.165, 1.54) is 36.8 Å². The summed E-state index contributed by atoms with van der Waals surface area (Å²) in [6, 6.07) is 7.09. The van der Waals surface area contributed by atoms with Crippen molar-refractivity contribution in [3.8, 4) is 17.6 Å². The van der Waals surface area contributed by atoms with E-state index < -0.39 is 0 Å². The van der Waals surface area contributed by atoms with Crippen LogP contribution >= 0.6 is 0 Å². The lowest BCUT2D eigenvalue weighted by Gasteiger charge is -2.46. The third-order valence-corrected chi connectivity index (χ3v) is 5.86. The Morgan fingerprint density at radius 3 is 2.61 bits per heavy atom. The predicted octanol–water partition coefficient (Wildman–Crippen LogP) is 3.56. The number of hydrogen-bond donors (Lipinski definition) is 0. The SMILES string of the molecule is CC1c2cc3c(cc2C2(CCCC2)CN1CCC#N)OCCO3. The van der Waals surface area contributed by atoms with Crippen LogP contribution in [0.15, 0.2) is 12.1 Å². The number of ether oxygens (including phenoxy) is 2. The molecule has 1 saturated carbocycles. The van der Waals surface area contributed by atoms with Crippen LogP contribution in [-0.2, 0) is 5.41 Å². The highest BCUT2D eigenvalue weighted by Gasteiger charge is 2.44. The molecule has 0 radical (unpaired) electrons. The number of nitrogens with zero attached hydrogens (tertiary/aromatic N) is 2. The van der Waals surface area contributed by atoms with Gasteiger partial charge >= 0.3 is 0 Å². The molecule has 1 aromatic rings. The quantitative estimate of drug-likeness (QED) is 0.837. The van der Waals surface area contributed by atoms with E-state index in [1.807, 2.05) is 0 Å². The highest BCUT2D eigenvalue weighted by molar-refractivity contribution is 5.53. The fourth-order valence-electron chi connectivity index (χ4n) is 4.66. The third kappa shape index (κ3) is 2.38. The molecule has 0 bridgehead atoms. The first-order chi connectivity index (χ1) is 11.2. The Morgan fingerprint density at radius 1 is 1.22 bits per heavy atom. The molecule has 1 fully saturated rings. The second kappa shape index (κ2) is 5.72. The van der Waals surface area contributed by atoms with Crippen LogP contribution in [0.5, 0.6) is 11.5 Å². The Morgan fingerprint density at radius 2 is 1.91 bits per heavy atom. The molecule has 0 N–H and O–H groups in total. The lowest BCUT2D eigenvalue weighted by atomic mass is 9.71. The molecule has 122 valence electrons. The second-order valence-corrected chi connectivity index (χ2v) is 7.13. The van der Waals surface area contributed by atoms with E-state index in [1.54, 1.807) is 0 Å². The van der Waals surface area contributed by atoms with Crippen LogP contribution < -0.4 is 9.47 Å². The molecule has 4 nitrogen and oxygen atoms in total. The molecule has 2 aliphatic heterocycles. The van der Waals surface area contributed by atoms with Crippen LogP contribution in [0.1, 0.15) is 56.2 Å². The van der Waals surface area contributed by atoms with E-state index in [-0.39, 0.29) is 5.41 Å². The van der Waals surface area contributed by atoms with E-state index >= 15 is 0 Å². The lowest BCUT2D eigenvalue weighted by Crippen LogP contribution is -2.46. The summed E-state index contributed by atoms with van der Waals surface area (Å²) in [6.07, 6.45) is 5.69. The normalized spacial score (nSPS) is 25.1. The molecule has 4 heteroatoms. The number of benzene rings is 1. The molecule has 1 aromatic carbocycles. The summed E-state index contributed by atoms with van der Waals surface area (Å²) in [5.41, 5.74) is 3.09. The fraction of sp³-hybridized carbons (Fsp3) is 0.632. The van der Waals surface area contributed by atoms with Crippen molar-refractivity contribution in [1.29, 1.82) is 5.26 Å². The minimum atomic E-state index is 0.243. The van der Waals surface area contributed by atoms with Crippen molar-refractivity contribution in [2.75, 3.05) is 26.3 Å². The molecule has 0 amide bonds. The molecule has 1 aliphatic carbocycles. The Labute approximate surface area is 138 Å². The summed E-state index contributed by atoms with van der Waals surface area (Å²) in [5, 5.41) is 8.98. The van der Waals surface area contributed by atoms with Gasteiger partial charge in [0.25, 0.3) is 0 Å². The maximum Gasteiger partial charge on any atom is 0.161 e. The van der Waals surface area contributed by atoms with Crippen LogP contribution in [-0.4, -0.2) is 31.2 Å². The Hall–Kier alpha value is -1.73. The van der Waals surface area contributed by atoms with Crippen molar-refractivity contribution in [2.45, 2.75) is 50.5 Å². The molecule has 0 aromatic heterocycles. The van der Waals surface area contributed by atoms with Crippen LogP contribution in [0.25, 0.3) is 0 Å². The molecular weight excluding hydrogens is 288 g/mol. The van der Waals surface area contributed by atoms with E-state index in [2.05, 4.69) is 30.0 Å². The summed E-state index contributed by atoms with van der Waals surface area (Å²) in [4.78, 5) is 2.49. The van der Waals surface area contributed by atoms with Gasteiger partial charge in [-0.3, -0.25) is 4.90 Å². The van der Waals surface area contributed by atoms with E-state index in [0.29, 0.717) is 25.7 Å². The summed E-state index contributed by atoms with van der Waals surface area (Å²) in [6.45, 7) is 5.45. The summed E-state index contributed by atoms with van der Waals surface area (Å²) >= 11 is 0. The smallest absolute Gasteiger partial charge is 0.161 e. The average molecular weight is 312 g/mol. The molecule has 3 aliphatic rings. The predicted molar refractivity (Wildman–Crippen MR) is 87.8 cm³/mol. The topological polar surface area (TPSA) is 45.5 Å². The van der Waals surface area contributed by atoms with E-state index in [0.717, 1.165) is 24.6 Å². The van der Waals surface area contributed by atoms with Gasteiger partial charge in [-0.05, 0) is 43.0 Å². The van der Waals surface area contributed by atoms with Crippen LogP contribution in [0.3, 0.4) is 0 Å². The Bertz CT molecular complexity index is 644. The number of hydrogen-bond acceptors (Lipinski definition) is 4. The van der Waals surface area contributed by atoms with E-state index in [4.69, 9.17) is 14.7 Å². The Kier molecular flexibility index (Phi) is 3.69. The maximum absolute atomic E-state index is 8.98. The molecule has 23 heavy (non-hydrogen) atoms. The monoisotopic (exact) mass is 312 g/mol. The maximum atomic E-state index is 8.98. The van der Waals surface area contributed by atoms with Gasteiger partial charge in [0, 0.05) is 31.0 Å². The van der Waals surface area contributed by atoms with E-state index in [9.17, 15) is 0 Å². The molecule has 1 spiro atoms. The number of nitriles is 1. The fourth-order valence-corrected chi connectivity index (χ4v) is 4.66. The minimum absolute atomic E-state index is 0.243. The third-order valence-electron chi connectivity index (χ3n) is 5.86. The van der Waals surface area contributed by atoms with Gasteiger partial charge in [0.2, 0.25) is 0 Å². The Balaban J connectivity index is 1.79. The summed E-state index contributed by atoms with van der Waals surface area (Å²) in [5.74, 6) is 1.80. The molecule has 4 rings (SSSR count). The van der Waals surface area contributed by atoms with Crippen LogP contribution in [0, 0.1) is 11.3 Å². The van der Waals surface area contributed by atoms with Gasteiger partial charge in [-0.25, -0.2) is 0 Å². The lowest BCUT2D eigenvalue weighted by molar-refractivity contribution is 0.134. The first-order valence-corrected chi connectivity index (χ1v) is 8.78. The van der Waals surface area contributed by atoms with Crippen molar-refractivity contribution in [2.24, 2.45) is 0 Å². The van der Waals surface area contributed by atoms with Crippen LogP contribution in [0.4, 0.5) is 0 Å². The van der Waals surface area contributed by atoms with Crippen molar-refractivity contribution in [3.05, 3.63) is 23.3 Å². The number of rotatable bonds is 2. The molecule has 1 unspecified atom stereocenters. The summed E-state index contributed by atoms with van der Waals surface area (Å²) in [7, 11) is 0. The zero-order chi connectivity index (χ0) is 15.9. The zero-order valence-corrected chi connectivity index (χ0v) is 13.8. The zero-order valence-electron chi connectivity index (χ0n) is 13.8. The highest BCUT2D eigenvalue weighted by Crippen LogP contribution is 2.51.